The minimum absolute atomic E-state index is 0.0168. The van der Waals surface area contributed by atoms with E-state index in [1.54, 1.807) is 23.1 Å². The number of amides is 1. The second-order valence-electron chi connectivity index (χ2n) is 4.84. The Kier molecular flexibility index (Phi) is 4.52. The Morgan fingerprint density at radius 3 is 2.90 bits per heavy atom. The molecule has 0 saturated carbocycles. The molecule has 1 fully saturated rings. The Morgan fingerprint density at radius 2 is 2.25 bits per heavy atom. The molecule has 1 aliphatic rings. The minimum atomic E-state index is -0.441. The van der Waals surface area contributed by atoms with E-state index in [4.69, 9.17) is 5.73 Å². The summed E-state index contributed by atoms with van der Waals surface area (Å²) in [4.78, 5) is 24.0. The van der Waals surface area contributed by atoms with Gasteiger partial charge in [-0.05, 0) is 12.5 Å². The van der Waals surface area contributed by atoms with Crippen LogP contribution in [0.4, 0.5) is 11.4 Å². The molecule has 1 aromatic carbocycles. The van der Waals surface area contributed by atoms with Gasteiger partial charge >= 0.3 is 0 Å². The highest BCUT2D eigenvalue weighted by Gasteiger charge is 2.23. The number of hydrogen-bond acceptors (Lipinski definition) is 5. The standard InChI is InChI=1S/C13H18N4O3/c14-10-6-8-16(9-10)13(18)5-7-15-11-3-1-2-4-12(11)17(19)20/h1-4,10,15H,5-9,14H2/t10-/m1/s1. The molecule has 0 unspecified atom stereocenters. The molecule has 0 radical (unpaired) electrons. The number of benzene rings is 1. The van der Waals surface area contributed by atoms with Gasteiger partial charge in [-0.15, -0.1) is 0 Å². The Morgan fingerprint density at radius 1 is 1.50 bits per heavy atom. The quantitative estimate of drug-likeness (QED) is 0.617. The summed E-state index contributed by atoms with van der Waals surface area (Å²) in [5.41, 5.74) is 6.20. The zero-order valence-electron chi connectivity index (χ0n) is 11.1. The lowest BCUT2D eigenvalue weighted by atomic mass is 10.2. The van der Waals surface area contributed by atoms with Crippen LogP contribution in [0, 0.1) is 10.1 Å². The molecule has 1 atom stereocenters. The Hall–Kier alpha value is -2.15. The number of nitrogens with one attached hydrogen (secondary N) is 1. The first-order chi connectivity index (χ1) is 9.58. The van der Waals surface area contributed by atoms with Crippen molar-refractivity contribution in [3.8, 4) is 0 Å². The average molecular weight is 278 g/mol. The fourth-order valence-corrected chi connectivity index (χ4v) is 2.26. The molecule has 108 valence electrons. The lowest BCUT2D eigenvalue weighted by Crippen LogP contribution is -2.32. The van der Waals surface area contributed by atoms with Crippen LogP contribution in [-0.4, -0.2) is 41.4 Å². The summed E-state index contributed by atoms with van der Waals surface area (Å²) in [5.74, 6) is 0.0315. The molecule has 0 bridgehead atoms. The molecular weight excluding hydrogens is 260 g/mol. The molecule has 1 saturated heterocycles. The van der Waals surface area contributed by atoms with Gasteiger partial charge in [-0.3, -0.25) is 14.9 Å². The first-order valence-corrected chi connectivity index (χ1v) is 6.58. The van der Waals surface area contributed by atoms with Crippen molar-refractivity contribution in [3.05, 3.63) is 34.4 Å². The molecule has 0 spiro atoms. The van der Waals surface area contributed by atoms with Crippen LogP contribution >= 0.6 is 0 Å². The molecule has 1 aliphatic heterocycles. The summed E-state index contributed by atoms with van der Waals surface area (Å²) in [6.07, 6.45) is 1.14. The van der Waals surface area contributed by atoms with Crippen molar-refractivity contribution in [2.45, 2.75) is 18.9 Å². The van der Waals surface area contributed by atoms with E-state index in [9.17, 15) is 14.9 Å². The molecule has 1 heterocycles. The van der Waals surface area contributed by atoms with Gasteiger partial charge in [0, 0.05) is 38.2 Å². The molecule has 20 heavy (non-hydrogen) atoms. The third-order valence-electron chi connectivity index (χ3n) is 3.33. The zero-order chi connectivity index (χ0) is 14.5. The van der Waals surface area contributed by atoms with Crippen molar-refractivity contribution in [1.82, 2.24) is 4.90 Å². The molecule has 7 nitrogen and oxygen atoms in total. The predicted octanol–water partition coefficient (Wildman–Crippen LogP) is 0.956. The number of nitro groups is 1. The van der Waals surface area contributed by atoms with Crippen molar-refractivity contribution >= 4 is 17.3 Å². The number of carbonyl (C=O) groups is 1. The topological polar surface area (TPSA) is 102 Å². The van der Waals surface area contributed by atoms with E-state index < -0.39 is 4.92 Å². The van der Waals surface area contributed by atoms with Crippen molar-refractivity contribution < 1.29 is 9.72 Å². The highest BCUT2D eigenvalue weighted by atomic mass is 16.6. The van der Waals surface area contributed by atoms with Gasteiger partial charge < -0.3 is 16.0 Å². The number of hydrogen-bond donors (Lipinski definition) is 2. The van der Waals surface area contributed by atoms with E-state index in [0.29, 0.717) is 31.7 Å². The number of nitrogens with two attached hydrogens (primary N) is 1. The smallest absolute Gasteiger partial charge is 0.292 e. The minimum Gasteiger partial charge on any atom is -0.379 e. The van der Waals surface area contributed by atoms with Crippen LogP contribution in [0.3, 0.4) is 0 Å². The van der Waals surface area contributed by atoms with E-state index >= 15 is 0 Å². The van der Waals surface area contributed by atoms with Crippen LogP contribution in [0.25, 0.3) is 0 Å². The lowest BCUT2D eigenvalue weighted by Gasteiger charge is -2.16. The predicted molar refractivity (Wildman–Crippen MR) is 75.4 cm³/mol. The van der Waals surface area contributed by atoms with Crippen LogP contribution in [-0.2, 0) is 4.79 Å². The van der Waals surface area contributed by atoms with Gasteiger partial charge in [0.15, 0.2) is 0 Å². The van der Waals surface area contributed by atoms with Crippen LogP contribution in [0.2, 0.25) is 0 Å². The van der Waals surface area contributed by atoms with Crippen molar-refractivity contribution in [1.29, 1.82) is 0 Å². The molecule has 7 heteroatoms. The lowest BCUT2D eigenvalue weighted by molar-refractivity contribution is -0.384. The number of nitrogens with zero attached hydrogens (tertiary/aromatic N) is 2. The van der Waals surface area contributed by atoms with E-state index in [2.05, 4.69) is 5.32 Å². The zero-order valence-corrected chi connectivity index (χ0v) is 11.1. The Bertz CT molecular complexity index is 506. The third-order valence-corrected chi connectivity index (χ3v) is 3.33. The summed E-state index contributed by atoms with van der Waals surface area (Å²) in [5, 5.41) is 13.8. The number of likely N-dealkylation sites (tertiary alicyclic amines) is 1. The SMILES string of the molecule is N[C@@H]1CCN(C(=O)CCNc2ccccc2[N+](=O)[O-])C1. The van der Waals surface area contributed by atoms with Crippen molar-refractivity contribution in [3.63, 3.8) is 0 Å². The third kappa shape index (κ3) is 3.45. The van der Waals surface area contributed by atoms with Gasteiger partial charge in [0.05, 0.1) is 4.92 Å². The molecule has 0 aromatic heterocycles. The number of rotatable bonds is 5. The molecular formula is C13H18N4O3. The first-order valence-electron chi connectivity index (χ1n) is 6.58. The second kappa shape index (κ2) is 6.33. The summed E-state index contributed by atoms with van der Waals surface area (Å²) in [6.45, 7) is 1.67. The maximum Gasteiger partial charge on any atom is 0.292 e. The highest BCUT2D eigenvalue weighted by Crippen LogP contribution is 2.23. The van der Waals surface area contributed by atoms with Crippen LogP contribution < -0.4 is 11.1 Å². The normalized spacial score (nSPS) is 18.1. The molecule has 3 N–H and O–H groups in total. The molecule has 2 rings (SSSR count). The van der Waals surface area contributed by atoms with Crippen LogP contribution in [0.1, 0.15) is 12.8 Å². The van der Waals surface area contributed by atoms with Crippen LogP contribution in [0.15, 0.2) is 24.3 Å². The molecule has 0 aliphatic carbocycles. The summed E-state index contributed by atoms with van der Waals surface area (Å²) >= 11 is 0. The number of nitro benzene ring substituents is 1. The van der Waals surface area contributed by atoms with Gasteiger partial charge in [-0.25, -0.2) is 0 Å². The Labute approximate surface area is 116 Å². The van der Waals surface area contributed by atoms with E-state index in [-0.39, 0.29) is 17.6 Å². The maximum atomic E-state index is 11.9. The maximum absolute atomic E-state index is 11.9. The number of para-hydroxylation sites is 2. The van der Waals surface area contributed by atoms with E-state index in [0.717, 1.165) is 6.42 Å². The number of anilines is 1. The first kappa shape index (κ1) is 14.3. The van der Waals surface area contributed by atoms with Crippen molar-refractivity contribution in [2.75, 3.05) is 25.0 Å². The molecule has 1 amide bonds. The summed E-state index contributed by atoms with van der Waals surface area (Å²) in [6, 6.07) is 6.47. The monoisotopic (exact) mass is 278 g/mol. The number of carbonyl (C=O) groups excluding carboxylic acids is 1. The van der Waals surface area contributed by atoms with Gasteiger partial charge in [0.1, 0.15) is 5.69 Å². The van der Waals surface area contributed by atoms with E-state index in [1.165, 1.54) is 6.07 Å². The second-order valence-corrected chi connectivity index (χ2v) is 4.84. The largest absolute Gasteiger partial charge is 0.379 e. The van der Waals surface area contributed by atoms with Crippen molar-refractivity contribution in [2.24, 2.45) is 5.73 Å². The highest BCUT2D eigenvalue weighted by molar-refractivity contribution is 5.77. The van der Waals surface area contributed by atoms with Crippen LogP contribution in [0.5, 0.6) is 0 Å². The van der Waals surface area contributed by atoms with Gasteiger partial charge in [-0.2, -0.15) is 0 Å². The van der Waals surface area contributed by atoms with Gasteiger partial charge in [0.25, 0.3) is 5.69 Å². The fraction of sp³-hybridized carbons (Fsp3) is 0.462. The van der Waals surface area contributed by atoms with Gasteiger partial charge in [0.2, 0.25) is 5.91 Å². The van der Waals surface area contributed by atoms with Gasteiger partial charge in [-0.1, -0.05) is 12.1 Å². The summed E-state index contributed by atoms with van der Waals surface area (Å²) < 4.78 is 0. The fourth-order valence-electron chi connectivity index (χ4n) is 2.26. The Balaban J connectivity index is 1.84. The van der Waals surface area contributed by atoms with E-state index in [1.807, 2.05) is 0 Å². The molecule has 1 aromatic rings. The average Bonchev–Trinajstić information content (AvgIpc) is 2.86. The summed E-state index contributed by atoms with van der Waals surface area (Å²) in [7, 11) is 0.